The van der Waals surface area contributed by atoms with Crippen LogP contribution in [0.4, 0.5) is 5.69 Å². The van der Waals surface area contributed by atoms with Crippen molar-refractivity contribution in [1.82, 2.24) is 5.32 Å². The summed E-state index contributed by atoms with van der Waals surface area (Å²) in [5.41, 5.74) is 8.06. The maximum atomic E-state index is 12.0. The predicted octanol–water partition coefficient (Wildman–Crippen LogP) is 2.05. The summed E-state index contributed by atoms with van der Waals surface area (Å²) in [6, 6.07) is 5.82. The van der Waals surface area contributed by atoms with Gasteiger partial charge in [0.15, 0.2) is 0 Å². The molecule has 0 aromatic heterocycles. The Morgan fingerprint density at radius 3 is 2.27 bits per heavy atom. The first kappa shape index (κ1) is 18.5. The number of aryl methyl sites for hydroxylation is 2. The standard InChI is InChI=1S/C16H23N3O2.ClH/c1-11-6-5-7-12(2)14(11)19-13(20)10-18-15(21)16(17)8-3-4-9-16;/h5-7H,3-4,8-10,17H2,1-2H3,(H,18,21)(H,19,20);1H. The van der Waals surface area contributed by atoms with E-state index in [2.05, 4.69) is 10.6 Å². The van der Waals surface area contributed by atoms with E-state index >= 15 is 0 Å². The topological polar surface area (TPSA) is 84.2 Å². The molecular weight excluding hydrogens is 302 g/mol. The molecule has 4 N–H and O–H groups in total. The van der Waals surface area contributed by atoms with Gasteiger partial charge in [-0.2, -0.15) is 0 Å². The number of hydrogen-bond donors (Lipinski definition) is 3. The minimum atomic E-state index is -0.793. The van der Waals surface area contributed by atoms with Crippen molar-refractivity contribution in [1.29, 1.82) is 0 Å². The van der Waals surface area contributed by atoms with E-state index in [1.54, 1.807) is 0 Å². The molecule has 1 aliphatic rings. The van der Waals surface area contributed by atoms with E-state index < -0.39 is 5.54 Å². The molecule has 1 fully saturated rings. The molecule has 0 spiro atoms. The summed E-state index contributed by atoms with van der Waals surface area (Å²) in [4.78, 5) is 24.0. The second-order valence-corrected chi connectivity index (χ2v) is 5.86. The van der Waals surface area contributed by atoms with Crippen molar-refractivity contribution in [3.05, 3.63) is 29.3 Å². The summed E-state index contributed by atoms with van der Waals surface area (Å²) in [5, 5.41) is 5.49. The molecule has 0 atom stereocenters. The number of halogens is 1. The highest BCUT2D eigenvalue weighted by Crippen LogP contribution is 2.27. The molecule has 1 aromatic carbocycles. The van der Waals surface area contributed by atoms with Crippen LogP contribution < -0.4 is 16.4 Å². The number of carbonyl (C=O) groups excluding carboxylic acids is 2. The predicted molar refractivity (Wildman–Crippen MR) is 90.2 cm³/mol. The number of hydrogen-bond acceptors (Lipinski definition) is 3. The highest BCUT2D eigenvalue weighted by atomic mass is 35.5. The highest BCUT2D eigenvalue weighted by Gasteiger charge is 2.36. The van der Waals surface area contributed by atoms with E-state index in [4.69, 9.17) is 5.73 Å². The summed E-state index contributed by atoms with van der Waals surface area (Å²) in [6.45, 7) is 3.83. The summed E-state index contributed by atoms with van der Waals surface area (Å²) in [7, 11) is 0. The summed E-state index contributed by atoms with van der Waals surface area (Å²) in [6.07, 6.45) is 3.33. The average Bonchev–Trinajstić information content (AvgIpc) is 2.88. The fourth-order valence-electron chi connectivity index (χ4n) is 2.76. The van der Waals surface area contributed by atoms with Gasteiger partial charge >= 0.3 is 0 Å². The number of para-hydroxylation sites is 1. The first-order valence-corrected chi connectivity index (χ1v) is 7.36. The van der Waals surface area contributed by atoms with Crippen LogP contribution in [0.2, 0.25) is 0 Å². The summed E-state index contributed by atoms with van der Waals surface area (Å²) >= 11 is 0. The smallest absolute Gasteiger partial charge is 0.243 e. The van der Waals surface area contributed by atoms with Crippen LogP contribution >= 0.6 is 12.4 Å². The van der Waals surface area contributed by atoms with Gasteiger partial charge < -0.3 is 16.4 Å². The second-order valence-electron chi connectivity index (χ2n) is 5.86. The van der Waals surface area contributed by atoms with Gasteiger partial charge in [0.05, 0.1) is 12.1 Å². The molecule has 2 rings (SSSR count). The molecule has 0 bridgehead atoms. The number of rotatable bonds is 4. The number of benzene rings is 1. The van der Waals surface area contributed by atoms with Crippen molar-refractivity contribution < 1.29 is 9.59 Å². The molecule has 0 heterocycles. The fraction of sp³-hybridized carbons (Fsp3) is 0.500. The lowest BCUT2D eigenvalue weighted by molar-refractivity contribution is -0.128. The summed E-state index contributed by atoms with van der Waals surface area (Å²) < 4.78 is 0. The first-order chi connectivity index (χ1) is 9.92. The van der Waals surface area contributed by atoms with Crippen molar-refractivity contribution in [3.63, 3.8) is 0 Å². The van der Waals surface area contributed by atoms with E-state index in [9.17, 15) is 9.59 Å². The van der Waals surface area contributed by atoms with Crippen molar-refractivity contribution in [2.75, 3.05) is 11.9 Å². The average molecular weight is 326 g/mol. The lowest BCUT2D eigenvalue weighted by Gasteiger charge is -2.22. The third-order valence-electron chi connectivity index (χ3n) is 4.10. The van der Waals surface area contributed by atoms with Crippen molar-refractivity contribution in [2.45, 2.75) is 45.1 Å². The third-order valence-corrected chi connectivity index (χ3v) is 4.10. The maximum Gasteiger partial charge on any atom is 0.243 e. The molecule has 122 valence electrons. The molecule has 5 nitrogen and oxygen atoms in total. The van der Waals surface area contributed by atoms with Crippen LogP contribution in [0.15, 0.2) is 18.2 Å². The number of carbonyl (C=O) groups is 2. The van der Waals surface area contributed by atoms with Gasteiger partial charge in [-0.15, -0.1) is 12.4 Å². The number of amides is 2. The van der Waals surface area contributed by atoms with Gasteiger partial charge in [0.2, 0.25) is 11.8 Å². The van der Waals surface area contributed by atoms with E-state index in [1.165, 1.54) is 0 Å². The normalized spacial score (nSPS) is 15.8. The minimum Gasteiger partial charge on any atom is -0.345 e. The third kappa shape index (κ3) is 4.21. The molecular formula is C16H24ClN3O2. The van der Waals surface area contributed by atoms with E-state index in [1.807, 2.05) is 32.0 Å². The molecule has 1 aromatic rings. The second kappa shape index (κ2) is 7.61. The zero-order valence-corrected chi connectivity index (χ0v) is 13.9. The molecule has 0 radical (unpaired) electrons. The monoisotopic (exact) mass is 325 g/mol. The molecule has 1 saturated carbocycles. The Hall–Kier alpha value is -1.59. The van der Waals surface area contributed by atoms with Crippen LogP contribution in [0.3, 0.4) is 0 Å². The van der Waals surface area contributed by atoms with Gasteiger partial charge in [-0.25, -0.2) is 0 Å². The first-order valence-electron chi connectivity index (χ1n) is 7.36. The Bertz CT molecular complexity index is 534. The summed E-state index contributed by atoms with van der Waals surface area (Å²) in [5.74, 6) is -0.459. The van der Waals surface area contributed by atoms with Crippen molar-refractivity contribution in [3.8, 4) is 0 Å². The molecule has 0 saturated heterocycles. The Kier molecular flexibility index (Phi) is 6.38. The van der Waals surface area contributed by atoms with Gasteiger partial charge in [-0.3, -0.25) is 9.59 Å². The van der Waals surface area contributed by atoms with Gasteiger partial charge in [-0.05, 0) is 37.8 Å². The van der Waals surface area contributed by atoms with Gasteiger partial charge in [-0.1, -0.05) is 31.0 Å². The van der Waals surface area contributed by atoms with E-state index in [-0.39, 0.29) is 30.8 Å². The van der Waals surface area contributed by atoms with Crippen molar-refractivity contribution >= 4 is 29.9 Å². The van der Waals surface area contributed by atoms with Crippen LogP contribution in [0.1, 0.15) is 36.8 Å². The van der Waals surface area contributed by atoms with E-state index in [0.29, 0.717) is 12.8 Å². The van der Waals surface area contributed by atoms with Crippen LogP contribution in [0.5, 0.6) is 0 Å². The molecule has 0 unspecified atom stereocenters. The fourth-order valence-corrected chi connectivity index (χ4v) is 2.76. The van der Waals surface area contributed by atoms with Crippen molar-refractivity contribution in [2.24, 2.45) is 5.73 Å². The molecule has 6 heteroatoms. The molecule has 22 heavy (non-hydrogen) atoms. The van der Waals surface area contributed by atoms with Gasteiger partial charge in [0.25, 0.3) is 0 Å². The largest absolute Gasteiger partial charge is 0.345 e. The van der Waals surface area contributed by atoms with Crippen LogP contribution in [0, 0.1) is 13.8 Å². The lowest BCUT2D eigenvalue weighted by Crippen LogP contribution is -2.53. The Labute approximate surface area is 137 Å². The number of anilines is 1. The van der Waals surface area contributed by atoms with E-state index in [0.717, 1.165) is 29.7 Å². The Morgan fingerprint density at radius 1 is 1.18 bits per heavy atom. The van der Waals surface area contributed by atoms with Gasteiger partial charge in [0, 0.05) is 5.69 Å². The zero-order chi connectivity index (χ0) is 15.5. The molecule has 0 aliphatic heterocycles. The molecule has 2 amide bonds. The number of nitrogens with one attached hydrogen (secondary N) is 2. The van der Waals surface area contributed by atoms with Crippen LogP contribution in [-0.2, 0) is 9.59 Å². The van der Waals surface area contributed by atoms with Crippen LogP contribution in [0.25, 0.3) is 0 Å². The lowest BCUT2D eigenvalue weighted by atomic mass is 9.98. The SMILES string of the molecule is Cc1cccc(C)c1NC(=O)CNC(=O)C1(N)CCCC1.Cl. The Balaban J connectivity index is 0.00000242. The molecule has 1 aliphatic carbocycles. The zero-order valence-electron chi connectivity index (χ0n) is 13.1. The highest BCUT2D eigenvalue weighted by molar-refractivity contribution is 5.97. The Morgan fingerprint density at radius 2 is 1.73 bits per heavy atom. The van der Waals surface area contributed by atoms with Crippen LogP contribution in [-0.4, -0.2) is 23.9 Å². The maximum absolute atomic E-state index is 12.0. The quantitative estimate of drug-likeness (QED) is 0.792. The minimum absolute atomic E-state index is 0. The van der Waals surface area contributed by atoms with Gasteiger partial charge in [0.1, 0.15) is 0 Å². The number of nitrogens with two attached hydrogens (primary N) is 1.